The maximum absolute atomic E-state index is 10.4. The van der Waals surface area contributed by atoms with E-state index in [0.717, 1.165) is 0 Å². The van der Waals surface area contributed by atoms with E-state index in [9.17, 15) is 8.42 Å². The second kappa shape index (κ2) is 3.74. The van der Waals surface area contributed by atoms with Gasteiger partial charge in [0, 0.05) is 17.3 Å². The highest BCUT2D eigenvalue weighted by Crippen LogP contribution is 2.28. The second-order valence-electron chi connectivity index (χ2n) is 2.76. The van der Waals surface area contributed by atoms with Gasteiger partial charge in [0.15, 0.2) is 0 Å². The maximum atomic E-state index is 10.4. The summed E-state index contributed by atoms with van der Waals surface area (Å²) in [5, 5.41) is 0. The van der Waals surface area contributed by atoms with Crippen LogP contribution >= 0.6 is 10.7 Å². The summed E-state index contributed by atoms with van der Waals surface area (Å²) in [5.41, 5.74) is 0. The number of ether oxygens (including phenoxy) is 1. The molecular weight excluding hydrogens is 188 g/mol. The van der Waals surface area contributed by atoms with Gasteiger partial charge in [-0.15, -0.1) is 0 Å². The molecule has 3 nitrogen and oxygen atoms in total. The molecule has 0 unspecified atom stereocenters. The number of rotatable bonds is 5. The predicted octanol–water partition coefficient (Wildman–Crippen LogP) is 0.982. The van der Waals surface area contributed by atoms with E-state index in [1.165, 1.54) is 12.8 Å². The van der Waals surface area contributed by atoms with Crippen LogP contribution in [0.5, 0.6) is 0 Å². The Bertz CT molecular complexity index is 208. The molecular formula is C6H11ClO3S. The first-order valence-electron chi connectivity index (χ1n) is 3.58. The van der Waals surface area contributed by atoms with Gasteiger partial charge in [0.25, 0.3) is 0 Å². The van der Waals surface area contributed by atoms with Gasteiger partial charge in [0.1, 0.15) is 0 Å². The molecule has 0 radical (unpaired) electrons. The molecule has 0 bridgehead atoms. The Morgan fingerprint density at radius 2 is 2.09 bits per heavy atom. The summed E-state index contributed by atoms with van der Waals surface area (Å²) in [6, 6.07) is 0. The summed E-state index contributed by atoms with van der Waals surface area (Å²) in [5.74, 6) is 0.592. The van der Waals surface area contributed by atoms with E-state index < -0.39 is 9.05 Å². The molecule has 1 aliphatic carbocycles. The third-order valence-corrected chi connectivity index (χ3v) is 2.64. The average Bonchev–Trinajstić information content (AvgIpc) is 2.60. The third-order valence-electron chi connectivity index (χ3n) is 1.52. The van der Waals surface area contributed by atoms with Crippen LogP contribution in [0.4, 0.5) is 0 Å². The molecule has 0 N–H and O–H groups in total. The van der Waals surface area contributed by atoms with Crippen molar-refractivity contribution in [2.45, 2.75) is 12.8 Å². The van der Waals surface area contributed by atoms with Crippen LogP contribution in [0.3, 0.4) is 0 Å². The lowest BCUT2D eigenvalue weighted by atomic mass is 10.5. The van der Waals surface area contributed by atoms with E-state index in [1.54, 1.807) is 0 Å². The molecule has 0 heterocycles. The van der Waals surface area contributed by atoms with E-state index >= 15 is 0 Å². The fourth-order valence-electron chi connectivity index (χ4n) is 0.693. The van der Waals surface area contributed by atoms with Gasteiger partial charge in [0.05, 0.1) is 12.4 Å². The summed E-state index contributed by atoms with van der Waals surface area (Å²) in [4.78, 5) is 0. The molecule has 0 aliphatic heterocycles. The van der Waals surface area contributed by atoms with Crippen LogP contribution in [0.1, 0.15) is 12.8 Å². The van der Waals surface area contributed by atoms with Crippen LogP contribution in [-0.4, -0.2) is 27.4 Å². The zero-order chi connectivity index (χ0) is 8.32. The molecule has 11 heavy (non-hydrogen) atoms. The van der Waals surface area contributed by atoms with E-state index in [1.807, 2.05) is 0 Å². The lowest BCUT2D eigenvalue weighted by Gasteiger charge is -1.99. The van der Waals surface area contributed by atoms with Gasteiger partial charge < -0.3 is 4.74 Å². The van der Waals surface area contributed by atoms with Crippen LogP contribution in [0.15, 0.2) is 0 Å². The Labute approximate surface area is 71.1 Å². The molecule has 5 heteroatoms. The van der Waals surface area contributed by atoms with E-state index in [0.29, 0.717) is 12.5 Å². The Balaban J connectivity index is 1.95. The monoisotopic (exact) mass is 198 g/mol. The number of halogens is 1. The molecule has 1 saturated carbocycles. The molecule has 0 aromatic heterocycles. The molecule has 0 spiro atoms. The highest BCUT2D eigenvalue weighted by molar-refractivity contribution is 8.13. The average molecular weight is 199 g/mol. The standard InChI is InChI=1S/C6H11ClO3S/c7-11(8,9)4-3-10-5-6-1-2-6/h6H,1-5H2. The highest BCUT2D eigenvalue weighted by atomic mass is 35.7. The van der Waals surface area contributed by atoms with Gasteiger partial charge in [-0.25, -0.2) is 8.42 Å². The van der Waals surface area contributed by atoms with Crippen molar-refractivity contribution in [3.63, 3.8) is 0 Å². The second-order valence-corrected chi connectivity index (χ2v) is 5.66. The van der Waals surface area contributed by atoms with E-state index in [-0.39, 0.29) is 12.4 Å². The molecule has 66 valence electrons. The zero-order valence-electron chi connectivity index (χ0n) is 6.12. The van der Waals surface area contributed by atoms with E-state index in [4.69, 9.17) is 15.4 Å². The van der Waals surface area contributed by atoms with Gasteiger partial charge >= 0.3 is 0 Å². The van der Waals surface area contributed by atoms with Crippen LogP contribution in [0.2, 0.25) is 0 Å². The molecule has 0 aromatic carbocycles. The first-order chi connectivity index (χ1) is 5.08. The summed E-state index contributed by atoms with van der Waals surface area (Å²) in [7, 11) is 1.60. The molecule has 0 amide bonds. The normalized spacial score (nSPS) is 18.6. The van der Waals surface area contributed by atoms with E-state index in [2.05, 4.69) is 0 Å². The van der Waals surface area contributed by atoms with Crippen LogP contribution in [0.25, 0.3) is 0 Å². The van der Waals surface area contributed by atoms with Crippen LogP contribution in [-0.2, 0) is 13.8 Å². The van der Waals surface area contributed by atoms with Gasteiger partial charge in [-0.2, -0.15) is 0 Å². The van der Waals surface area contributed by atoms with Crippen molar-refractivity contribution in [3.05, 3.63) is 0 Å². The predicted molar refractivity (Wildman–Crippen MR) is 43.2 cm³/mol. The van der Waals surface area contributed by atoms with Crippen molar-refractivity contribution in [1.29, 1.82) is 0 Å². The first kappa shape index (κ1) is 9.29. The van der Waals surface area contributed by atoms with Crippen LogP contribution < -0.4 is 0 Å². The number of hydrogen-bond donors (Lipinski definition) is 0. The van der Waals surface area contributed by atoms with Gasteiger partial charge in [-0.1, -0.05) is 0 Å². The topological polar surface area (TPSA) is 43.4 Å². The smallest absolute Gasteiger partial charge is 0.234 e. The lowest BCUT2D eigenvalue weighted by Crippen LogP contribution is -2.07. The van der Waals surface area contributed by atoms with Gasteiger partial charge in [-0.05, 0) is 18.8 Å². The lowest BCUT2D eigenvalue weighted by molar-refractivity contribution is 0.139. The molecule has 1 rings (SSSR count). The largest absolute Gasteiger partial charge is 0.380 e. The first-order valence-corrected chi connectivity index (χ1v) is 6.06. The molecule has 1 aliphatic rings. The number of hydrogen-bond acceptors (Lipinski definition) is 3. The van der Waals surface area contributed by atoms with Gasteiger partial charge in [-0.3, -0.25) is 0 Å². The summed E-state index contributed by atoms with van der Waals surface area (Å²) in [6.45, 7) is 0.911. The Hall–Kier alpha value is 0.200. The zero-order valence-corrected chi connectivity index (χ0v) is 7.70. The van der Waals surface area contributed by atoms with Crippen molar-refractivity contribution >= 4 is 19.7 Å². The molecule has 0 aromatic rings. The fraction of sp³-hybridized carbons (Fsp3) is 1.00. The van der Waals surface area contributed by atoms with Crippen molar-refractivity contribution in [3.8, 4) is 0 Å². The van der Waals surface area contributed by atoms with Crippen molar-refractivity contribution < 1.29 is 13.2 Å². The van der Waals surface area contributed by atoms with Crippen molar-refractivity contribution in [1.82, 2.24) is 0 Å². The maximum Gasteiger partial charge on any atom is 0.234 e. The molecule has 0 atom stereocenters. The molecule has 1 fully saturated rings. The van der Waals surface area contributed by atoms with Crippen molar-refractivity contribution in [2.24, 2.45) is 5.92 Å². The Morgan fingerprint density at radius 1 is 1.45 bits per heavy atom. The summed E-state index contributed by atoms with van der Waals surface area (Å²) < 4.78 is 25.8. The Kier molecular flexibility index (Phi) is 3.16. The Morgan fingerprint density at radius 3 is 2.55 bits per heavy atom. The third kappa shape index (κ3) is 5.47. The fourth-order valence-corrected chi connectivity index (χ4v) is 1.20. The van der Waals surface area contributed by atoms with Crippen molar-refractivity contribution in [2.75, 3.05) is 19.0 Å². The summed E-state index contributed by atoms with van der Waals surface area (Å²) >= 11 is 0. The molecule has 0 saturated heterocycles. The minimum atomic E-state index is -3.35. The minimum absolute atomic E-state index is 0.0821. The summed E-state index contributed by atoms with van der Waals surface area (Å²) in [6.07, 6.45) is 2.43. The highest BCUT2D eigenvalue weighted by Gasteiger charge is 2.21. The quantitative estimate of drug-likeness (QED) is 0.489. The van der Waals surface area contributed by atoms with Crippen LogP contribution in [0, 0.1) is 5.92 Å². The minimum Gasteiger partial charge on any atom is -0.380 e. The SMILES string of the molecule is O=S(=O)(Cl)CCOCC1CC1. The van der Waals surface area contributed by atoms with Gasteiger partial charge in [0.2, 0.25) is 9.05 Å².